The molecular weight excluding hydrogens is 406 g/mol. The van der Waals surface area contributed by atoms with Crippen molar-refractivity contribution in [3.63, 3.8) is 0 Å². The summed E-state index contributed by atoms with van der Waals surface area (Å²) in [5.41, 5.74) is 11.3. The quantitative estimate of drug-likeness (QED) is 0.285. The number of nitrogens with two attached hydrogens (primary N) is 2. The molecule has 11 nitrogen and oxygen atoms in total. The van der Waals surface area contributed by atoms with Crippen molar-refractivity contribution in [1.82, 2.24) is 15.5 Å². The zero-order valence-electron chi connectivity index (χ0n) is 17.0. The molecule has 31 heavy (non-hydrogen) atoms. The third-order valence-corrected chi connectivity index (χ3v) is 4.92. The summed E-state index contributed by atoms with van der Waals surface area (Å²) in [6, 6.07) is 5.83. The predicted molar refractivity (Wildman–Crippen MR) is 109 cm³/mol. The summed E-state index contributed by atoms with van der Waals surface area (Å²) in [6.07, 6.45) is 0.695. The highest BCUT2D eigenvalue weighted by atomic mass is 16.4. The SMILES string of the molecule is NC(=O)CC(N)C(=O)NCC(=O)NC(Cc1ccccc1)C(=O)N1CCCC1C(=O)O. The summed E-state index contributed by atoms with van der Waals surface area (Å²) in [6.45, 7) is -0.179. The lowest BCUT2D eigenvalue weighted by molar-refractivity contribution is -0.149. The minimum absolute atomic E-state index is 0.156. The normalized spacial score (nSPS) is 17.5. The fourth-order valence-corrected chi connectivity index (χ4v) is 3.39. The van der Waals surface area contributed by atoms with E-state index in [1.165, 1.54) is 4.90 Å². The molecule has 168 valence electrons. The Hall–Kier alpha value is -3.47. The lowest BCUT2D eigenvalue weighted by atomic mass is 10.0. The van der Waals surface area contributed by atoms with Gasteiger partial charge in [0, 0.05) is 13.0 Å². The number of nitrogens with zero attached hydrogens (tertiary/aromatic N) is 1. The molecule has 1 aliphatic heterocycles. The predicted octanol–water partition coefficient (Wildman–Crippen LogP) is -1.89. The van der Waals surface area contributed by atoms with Crippen LogP contribution in [0.15, 0.2) is 30.3 Å². The molecule has 1 aliphatic rings. The molecule has 3 unspecified atom stereocenters. The first-order valence-corrected chi connectivity index (χ1v) is 9.87. The molecule has 0 bridgehead atoms. The minimum Gasteiger partial charge on any atom is -0.480 e. The van der Waals surface area contributed by atoms with Crippen LogP contribution in [0.2, 0.25) is 0 Å². The van der Waals surface area contributed by atoms with Gasteiger partial charge in [-0.05, 0) is 18.4 Å². The maximum atomic E-state index is 13.1. The fourth-order valence-electron chi connectivity index (χ4n) is 3.39. The molecular formula is C20H27N5O6. The number of nitrogens with one attached hydrogen (secondary N) is 2. The van der Waals surface area contributed by atoms with Crippen LogP contribution in [0.5, 0.6) is 0 Å². The molecule has 1 aromatic rings. The number of aliphatic carboxylic acids is 1. The summed E-state index contributed by atoms with van der Waals surface area (Å²) < 4.78 is 0. The van der Waals surface area contributed by atoms with Gasteiger partial charge in [-0.25, -0.2) is 4.79 Å². The lowest BCUT2D eigenvalue weighted by Gasteiger charge is -2.27. The lowest BCUT2D eigenvalue weighted by Crippen LogP contribution is -2.54. The largest absolute Gasteiger partial charge is 0.480 e. The maximum Gasteiger partial charge on any atom is 0.326 e. The number of likely N-dealkylation sites (tertiary alicyclic amines) is 1. The second kappa shape index (κ2) is 11.1. The van der Waals surface area contributed by atoms with Gasteiger partial charge in [0.2, 0.25) is 23.6 Å². The first-order chi connectivity index (χ1) is 14.7. The molecule has 0 saturated carbocycles. The summed E-state index contributed by atoms with van der Waals surface area (Å²) in [4.78, 5) is 60.9. The molecule has 7 N–H and O–H groups in total. The van der Waals surface area contributed by atoms with E-state index in [1.807, 2.05) is 6.07 Å². The number of carbonyl (C=O) groups excluding carboxylic acids is 4. The Morgan fingerprint density at radius 2 is 1.84 bits per heavy atom. The van der Waals surface area contributed by atoms with Crippen LogP contribution in [-0.4, -0.2) is 70.8 Å². The van der Waals surface area contributed by atoms with E-state index in [1.54, 1.807) is 24.3 Å². The van der Waals surface area contributed by atoms with E-state index in [0.717, 1.165) is 5.56 Å². The highest BCUT2D eigenvalue weighted by molar-refractivity contribution is 5.93. The van der Waals surface area contributed by atoms with Crippen molar-refractivity contribution in [3.05, 3.63) is 35.9 Å². The number of hydrogen-bond acceptors (Lipinski definition) is 6. The van der Waals surface area contributed by atoms with Gasteiger partial charge in [0.1, 0.15) is 12.1 Å². The van der Waals surface area contributed by atoms with Crippen LogP contribution in [-0.2, 0) is 30.4 Å². The number of hydrogen-bond donors (Lipinski definition) is 5. The molecule has 0 aliphatic carbocycles. The van der Waals surface area contributed by atoms with Crippen LogP contribution in [0.4, 0.5) is 0 Å². The summed E-state index contributed by atoms with van der Waals surface area (Å²) in [5.74, 6) is -3.73. The topological polar surface area (TPSA) is 185 Å². The van der Waals surface area contributed by atoms with Gasteiger partial charge < -0.3 is 32.1 Å². The number of primary amides is 1. The van der Waals surface area contributed by atoms with E-state index in [4.69, 9.17) is 11.5 Å². The minimum atomic E-state index is -1.19. The van der Waals surface area contributed by atoms with Gasteiger partial charge in [-0.3, -0.25) is 19.2 Å². The van der Waals surface area contributed by atoms with Crippen molar-refractivity contribution < 1.29 is 29.1 Å². The van der Waals surface area contributed by atoms with Crippen molar-refractivity contribution in [2.24, 2.45) is 11.5 Å². The highest BCUT2D eigenvalue weighted by Crippen LogP contribution is 2.19. The molecule has 2 rings (SSSR count). The van der Waals surface area contributed by atoms with Crippen LogP contribution in [0, 0.1) is 0 Å². The number of amides is 4. The maximum absolute atomic E-state index is 13.1. The first-order valence-electron chi connectivity index (χ1n) is 9.87. The Labute approximate surface area is 179 Å². The van der Waals surface area contributed by atoms with Crippen molar-refractivity contribution in [1.29, 1.82) is 0 Å². The Bertz CT molecular complexity index is 831. The average molecular weight is 433 g/mol. The van der Waals surface area contributed by atoms with Crippen LogP contribution >= 0.6 is 0 Å². The molecule has 1 fully saturated rings. The van der Waals surface area contributed by atoms with Gasteiger partial charge in [-0.15, -0.1) is 0 Å². The second-order valence-electron chi connectivity index (χ2n) is 7.33. The highest BCUT2D eigenvalue weighted by Gasteiger charge is 2.37. The summed E-state index contributed by atoms with van der Waals surface area (Å²) in [5, 5.41) is 14.2. The van der Waals surface area contributed by atoms with E-state index in [9.17, 15) is 29.1 Å². The zero-order chi connectivity index (χ0) is 23.0. The van der Waals surface area contributed by atoms with Crippen molar-refractivity contribution in [3.8, 4) is 0 Å². The Balaban J connectivity index is 2.05. The van der Waals surface area contributed by atoms with Gasteiger partial charge in [0.25, 0.3) is 0 Å². The molecule has 1 heterocycles. The van der Waals surface area contributed by atoms with E-state index < -0.39 is 54.3 Å². The average Bonchev–Trinajstić information content (AvgIpc) is 3.21. The monoisotopic (exact) mass is 433 g/mol. The number of carboxylic acids is 1. The Kier molecular flexibility index (Phi) is 8.50. The van der Waals surface area contributed by atoms with Crippen molar-refractivity contribution >= 4 is 29.6 Å². The number of benzene rings is 1. The molecule has 3 atom stereocenters. The smallest absolute Gasteiger partial charge is 0.326 e. The fraction of sp³-hybridized carbons (Fsp3) is 0.450. The third kappa shape index (κ3) is 7.07. The second-order valence-corrected chi connectivity index (χ2v) is 7.33. The van der Waals surface area contributed by atoms with E-state index in [-0.39, 0.29) is 19.4 Å². The van der Waals surface area contributed by atoms with Gasteiger partial charge in [-0.2, -0.15) is 0 Å². The molecule has 1 aromatic carbocycles. The summed E-state index contributed by atoms with van der Waals surface area (Å²) >= 11 is 0. The van der Waals surface area contributed by atoms with E-state index in [0.29, 0.717) is 12.8 Å². The van der Waals surface area contributed by atoms with Gasteiger partial charge in [0.15, 0.2) is 0 Å². The van der Waals surface area contributed by atoms with Crippen molar-refractivity contribution in [2.45, 2.75) is 43.8 Å². The molecule has 4 amide bonds. The molecule has 0 spiro atoms. The van der Waals surface area contributed by atoms with Gasteiger partial charge in [0.05, 0.1) is 19.0 Å². The van der Waals surface area contributed by atoms with Crippen LogP contribution < -0.4 is 22.1 Å². The standard InChI is InChI=1S/C20H27N5O6/c21-13(10-16(22)26)18(28)23-11-17(27)24-14(9-12-5-2-1-3-6-12)19(29)25-8-4-7-15(25)20(30)31/h1-3,5-6,13-15H,4,7-11,21H2,(H2,22,26)(H,23,28)(H,24,27)(H,30,31). The molecule has 1 saturated heterocycles. The molecule has 0 radical (unpaired) electrons. The Morgan fingerprint density at radius 1 is 1.16 bits per heavy atom. The number of carboxylic acid groups (broad SMARTS) is 1. The molecule has 11 heteroatoms. The van der Waals surface area contributed by atoms with Crippen LogP contribution in [0.3, 0.4) is 0 Å². The van der Waals surface area contributed by atoms with Gasteiger partial charge >= 0.3 is 5.97 Å². The van der Waals surface area contributed by atoms with Crippen LogP contribution in [0.25, 0.3) is 0 Å². The summed E-state index contributed by atoms with van der Waals surface area (Å²) in [7, 11) is 0. The third-order valence-electron chi connectivity index (χ3n) is 4.92. The number of rotatable bonds is 10. The number of carbonyl (C=O) groups is 5. The van der Waals surface area contributed by atoms with E-state index in [2.05, 4.69) is 10.6 Å². The van der Waals surface area contributed by atoms with Crippen molar-refractivity contribution in [2.75, 3.05) is 13.1 Å². The molecule has 0 aromatic heterocycles. The first kappa shape index (κ1) is 23.8. The van der Waals surface area contributed by atoms with Crippen LogP contribution in [0.1, 0.15) is 24.8 Å². The zero-order valence-corrected chi connectivity index (χ0v) is 17.0. The Morgan fingerprint density at radius 3 is 2.45 bits per heavy atom. The van der Waals surface area contributed by atoms with E-state index >= 15 is 0 Å². The van der Waals surface area contributed by atoms with Gasteiger partial charge in [-0.1, -0.05) is 30.3 Å².